The van der Waals surface area contributed by atoms with E-state index in [-0.39, 0.29) is 5.78 Å². The first-order valence-electron chi connectivity index (χ1n) is 7.69. The van der Waals surface area contributed by atoms with Crippen molar-refractivity contribution in [2.24, 2.45) is 0 Å². The largest absolute Gasteiger partial charge is 0.289 e. The summed E-state index contributed by atoms with van der Waals surface area (Å²) in [6.45, 7) is 0.882. The van der Waals surface area contributed by atoms with E-state index in [1.807, 2.05) is 79.1 Å². The minimum atomic E-state index is 0.0540. The van der Waals surface area contributed by atoms with E-state index in [2.05, 4.69) is 4.57 Å². The number of hydrogen-bond acceptors (Lipinski definition) is 2. The van der Waals surface area contributed by atoms with Gasteiger partial charge in [-0.3, -0.25) is 4.79 Å². The first-order chi connectivity index (χ1) is 11.7. The fraction of sp³-hybridized carbons (Fsp3) is 0.100. The Bertz CT molecular complexity index is 801. The Hall–Kier alpha value is -2.10. The zero-order valence-corrected chi connectivity index (χ0v) is 14.6. The molecule has 0 aliphatic heterocycles. The molecular formula is C20H17ClNOS+. The molecule has 3 rings (SSSR count). The quantitative estimate of drug-likeness (QED) is 0.365. The summed E-state index contributed by atoms with van der Waals surface area (Å²) in [7, 11) is 0. The number of carbonyl (C=O) groups excluding carboxylic acids is 1. The van der Waals surface area contributed by atoms with E-state index in [0.717, 1.165) is 17.3 Å². The normalized spacial score (nSPS) is 10.5. The predicted octanol–water partition coefficient (Wildman–Crippen LogP) is 4.65. The maximum Gasteiger partial charge on any atom is 0.193 e. The van der Waals surface area contributed by atoms with Gasteiger partial charge in [-0.1, -0.05) is 41.9 Å². The van der Waals surface area contributed by atoms with Crippen LogP contribution < -0.4 is 4.57 Å². The van der Waals surface area contributed by atoms with Crippen LogP contribution >= 0.6 is 23.4 Å². The lowest BCUT2D eigenvalue weighted by atomic mass is 10.0. The van der Waals surface area contributed by atoms with Gasteiger partial charge in [0.25, 0.3) is 0 Å². The van der Waals surface area contributed by atoms with E-state index in [1.165, 1.54) is 4.90 Å². The number of benzene rings is 2. The number of pyridine rings is 1. The van der Waals surface area contributed by atoms with E-state index in [1.54, 1.807) is 11.8 Å². The highest BCUT2D eigenvalue weighted by atomic mass is 35.5. The van der Waals surface area contributed by atoms with Crippen LogP contribution in [0.2, 0.25) is 5.02 Å². The molecular weight excluding hydrogens is 338 g/mol. The molecule has 24 heavy (non-hydrogen) atoms. The van der Waals surface area contributed by atoms with Crippen molar-refractivity contribution < 1.29 is 9.36 Å². The summed E-state index contributed by atoms with van der Waals surface area (Å²) in [5, 5.41) is 0.757. The molecule has 0 atom stereocenters. The number of ketones is 1. The third-order valence-corrected chi connectivity index (χ3v) is 4.87. The highest BCUT2D eigenvalue weighted by Crippen LogP contribution is 2.19. The number of thioether (sulfide) groups is 1. The summed E-state index contributed by atoms with van der Waals surface area (Å²) in [5.41, 5.74) is 1.43. The fourth-order valence-corrected chi connectivity index (χ4v) is 3.31. The maximum atomic E-state index is 12.4. The Labute approximate surface area is 151 Å². The first-order valence-corrected chi connectivity index (χ1v) is 9.06. The molecule has 2 aromatic carbocycles. The van der Waals surface area contributed by atoms with E-state index in [0.29, 0.717) is 11.1 Å². The van der Waals surface area contributed by atoms with Crippen LogP contribution in [0.4, 0.5) is 0 Å². The molecule has 2 nitrogen and oxygen atoms in total. The summed E-state index contributed by atoms with van der Waals surface area (Å²) >= 11 is 7.67. The second-order valence-electron chi connectivity index (χ2n) is 5.32. The molecule has 0 aliphatic rings. The molecule has 0 amide bonds. The fourth-order valence-electron chi connectivity index (χ4n) is 2.31. The second-order valence-corrected chi connectivity index (χ2v) is 6.93. The highest BCUT2D eigenvalue weighted by molar-refractivity contribution is 7.99. The smallest absolute Gasteiger partial charge is 0.193 e. The number of aryl methyl sites for hydroxylation is 1. The predicted molar refractivity (Wildman–Crippen MR) is 98.7 cm³/mol. The molecule has 0 N–H and O–H groups in total. The SMILES string of the molecule is O=C(c1ccccc1)c1cc[n+](CCSc2ccc(Cl)cc2)cc1. The monoisotopic (exact) mass is 354 g/mol. The Morgan fingerprint density at radius 2 is 1.50 bits per heavy atom. The van der Waals surface area contributed by atoms with Gasteiger partial charge in [-0.25, -0.2) is 4.57 Å². The van der Waals surface area contributed by atoms with Gasteiger partial charge in [0, 0.05) is 33.2 Å². The van der Waals surface area contributed by atoms with Gasteiger partial charge in [0.2, 0.25) is 0 Å². The third-order valence-electron chi connectivity index (χ3n) is 3.62. The van der Waals surface area contributed by atoms with Crippen molar-refractivity contribution in [2.75, 3.05) is 5.75 Å². The highest BCUT2D eigenvalue weighted by Gasteiger charge is 2.10. The number of nitrogens with zero attached hydrogens (tertiary/aromatic N) is 1. The molecule has 0 aliphatic carbocycles. The first kappa shape index (κ1) is 16.7. The molecule has 0 saturated carbocycles. The van der Waals surface area contributed by atoms with Crippen molar-refractivity contribution in [3.05, 3.63) is 95.3 Å². The molecule has 0 unspecified atom stereocenters. The summed E-state index contributed by atoms with van der Waals surface area (Å²) < 4.78 is 2.09. The van der Waals surface area contributed by atoms with Crippen LogP contribution in [-0.2, 0) is 6.54 Å². The molecule has 1 heterocycles. The van der Waals surface area contributed by atoms with Gasteiger partial charge >= 0.3 is 0 Å². The summed E-state index contributed by atoms with van der Waals surface area (Å²) in [5.74, 6) is 1.01. The molecule has 3 aromatic rings. The van der Waals surface area contributed by atoms with Crippen LogP contribution in [-0.4, -0.2) is 11.5 Å². The van der Waals surface area contributed by atoms with Crippen LogP contribution in [0, 0.1) is 0 Å². The molecule has 4 heteroatoms. The minimum Gasteiger partial charge on any atom is -0.289 e. The average molecular weight is 355 g/mol. The van der Waals surface area contributed by atoms with Crippen LogP contribution in [0.3, 0.4) is 0 Å². The molecule has 120 valence electrons. The Balaban J connectivity index is 1.56. The lowest BCUT2D eigenvalue weighted by Gasteiger charge is -2.02. The van der Waals surface area contributed by atoms with Gasteiger partial charge in [0.1, 0.15) is 0 Å². The van der Waals surface area contributed by atoms with Crippen LogP contribution in [0.5, 0.6) is 0 Å². The van der Waals surface area contributed by atoms with Crippen LogP contribution in [0.15, 0.2) is 84.0 Å². The Kier molecular flexibility index (Phi) is 5.68. The number of rotatable bonds is 6. The Morgan fingerprint density at radius 1 is 0.875 bits per heavy atom. The van der Waals surface area contributed by atoms with Crippen LogP contribution in [0.25, 0.3) is 0 Å². The van der Waals surface area contributed by atoms with Crippen molar-refractivity contribution in [3.63, 3.8) is 0 Å². The van der Waals surface area contributed by atoms with Crippen molar-refractivity contribution in [3.8, 4) is 0 Å². The number of carbonyl (C=O) groups is 1. The van der Waals surface area contributed by atoms with E-state index < -0.39 is 0 Å². The van der Waals surface area contributed by atoms with E-state index in [9.17, 15) is 4.79 Å². The van der Waals surface area contributed by atoms with Gasteiger partial charge < -0.3 is 0 Å². The van der Waals surface area contributed by atoms with Crippen molar-refractivity contribution in [1.82, 2.24) is 0 Å². The minimum absolute atomic E-state index is 0.0540. The second kappa shape index (κ2) is 8.13. The lowest BCUT2D eigenvalue weighted by Crippen LogP contribution is -2.34. The maximum absolute atomic E-state index is 12.4. The molecule has 0 radical (unpaired) electrons. The number of aromatic nitrogens is 1. The van der Waals surface area contributed by atoms with Crippen molar-refractivity contribution in [2.45, 2.75) is 11.4 Å². The third kappa shape index (κ3) is 4.47. The van der Waals surface area contributed by atoms with Gasteiger partial charge in [-0.2, -0.15) is 0 Å². The zero-order valence-electron chi connectivity index (χ0n) is 13.1. The van der Waals surface area contributed by atoms with Gasteiger partial charge in [0.05, 0.1) is 5.75 Å². The number of halogens is 1. The Morgan fingerprint density at radius 3 is 2.17 bits per heavy atom. The molecule has 0 bridgehead atoms. The van der Waals surface area contributed by atoms with Gasteiger partial charge in [0.15, 0.2) is 24.7 Å². The molecule has 0 spiro atoms. The standard InChI is InChI=1S/C20H17ClNOS/c21-18-6-8-19(9-7-18)24-15-14-22-12-10-17(11-13-22)20(23)16-4-2-1-3-5-16/h1-13H,14-15H2/q+1. The average Bonchev–Trinajstić information content (AvgIpc) is 2.64. The number of hydrogen-bond donors (Lipinski definition) is 0. The zero-order chi connectivity index (χ0) is 16.8. The van der Waals surface area contributed by atoms with Crippen molar-refractivity contribution in [1.29, 1.82) is 0 Å². The van der Waals surface area contributed by atoms with Crippen LogP contribution in [0.1, 0.15) is 15.9 Å². The summed E-state index contributed by atoms with van der Waals surface area (Å²) in [6, 6.07) is 21.0. The van der Waals surface area contributed by atoms with Crippen molar-refractivity contribution >= 4 is 29.1 Å². The molecule has 1 aromatic heterocycles. The van der Waals surface area contributed by atoms with Gasteiger partial charge in [-0.05, 0) is 24.3 Å². The summed E-state index contributed by atoms with van der Waals surface area (Å²) in [4.78, 5) is 13.6. The van der Waals surface area contributed by atoms with Gasteiger partial charge in [-0.15, -0.1) is 11.8 Å². The molecule has 0 saturated heterocycles. The molecule has 0 fully saturated rings. The van der Waals surface area contributed by atoms with E-state index >= 15 is 0 Å². The van der Waals surface area contributed by atoms with E-state index in [4.69, 9.17) is 11.6 Å². The summed E-state index contributed by atoms with van der Waals surface area (Å²) in [6.07, 6.45) is 3.91. The topological polar surface area (TPSA) is 20.9 Å². The lowest BCUT2D eigenvalue weighted by molar-refractivity contribution is -0.692.